The van der Waals surface area contributed by atoms with E-state index in [9.17, 15) is 24.8 Å². The Morgan fingerprint density at radius 1 is 1.05 bits per heavy atom. The summed E-state index contributed by atoms with van der Waals surface area (Å²) >= 11 is 0. The predicted octanol–water partition coefficient (Wildman–Crippen LogP) is 5.19. The zero-order valence-electron chi connectivity index (χ0n) is 22.3. The molecule has 0 bridgehead atoms. The molecule has 41 heavy (non-hydrogen) atoms. The molecule has 1 fully saturated rings. The second-order valence-corrected chi connectivity index (χ2v) is 9.80. The van der Waals surface area contributed by atoms with Gasteiger partial charge in [0.05, 0.1) is 22.9 Å². The van der Waals surface area contributed by atoms with E-state index in [-0.39, 0.29) is 23.6 Å². The Bertz CT molecular complexity index is 1610. The van der Waals surface area contributed by atoms with Crippen LogP contribution in [0.2, 0.25) is 0 Å². The Kier molecular flexibility index (Phi) is 7.91. The van der Waals surface area contributed by atoms with E-state index in [4.69, 9.17) is 4.74 Å². The van der Waals surface area contributed by atoms with Crippen LogP contribution in [0.25, 0.3) is 5.76 Å². The van der Waals surface area contributed by atoms with E-state index in [0.29, 0.717) is 36.4 Å². The van der Waals surface area contributed by atoms with Gasteiger partial charge in [0.1, 0.15) is 18.1 Å². The molecule has 10 heteroatoms. The molecule has 1 aliphatic heterocycles. The normalized spacial score (nSPS) is 16.2. The SMILES string of the molecule is Cc1cccc(COc2ccc(C(O)=C3C(=O)C(=O)N(CCCn4ccnc4)C3c3cccc([N+](=O)[O-])c3)cc2)c1. The van der Waals surface area contributed by atoms with Crippen molar-refractivity contribution < 1.29 is 24.4 Å². The number of aliphatic hydroxyl groups is 1. The molecule has 1 unspecified atom stereocenters. The third kappa shape index (κ3) is 6.01. The van der Waals surface area contributed by atoms with E-state index in [0.717, 1.165) is 11.1 Å². The van der Waals surface area contributed by atoms with Crippen molar-refractivity contribution in [2.45, 2.75) is 32.5 Å². The largest absolute Gasteiger partial charge is 0.507 e. The maximum Gasteiger partial charge on any atom is 0.295 e. The van der Waals surface area contributed by atoms with E-state index in [1.165, 1.54) is 23.1 Å². The number of carbonyl (C=O) groups is 2. The number of ether oxygens (including phenoxy) is 1. The average Bonchev–Trinajstić information content (AvgIpc) is 3.58. The van der Waals surface area contributed by atoms with Gasteiger partial charge >= 0.3 is 0 Å². The number of amides is 1. The number of carbonyl (C=O) groups excluding carboxylic acids is 2. The number of Topliss-reactive ketones (excluding diaryl/α,β-unsaturated/α-hetero) is 1. The zero-order valence-corrected chi connectivity index (χ0v) is 22.3. The number of benzene rings is 3. The van der Waals surface area contributed by atoms with Gasteiger partial charge in [-0.15, -0.1) is 0 Å². The number of aliphatic hydroxyl groups excluding tert-OH is 1. The van der Waals surface area contributed by atoms with Crippen molar-refractivity contribution in [1.82, 2.24) is 14.5 Å². The van der Waals surface area contributed by atoms with Crippen LogP contribution < -0.4 is 4.74 Å². The van der Waals surface area contributed by atoms with Crippen LogP contribution >= 0.6 is 0 Å². The molecule has 1 atom stereocenters. The summed E-state index contributed by atoms with van der Waals surface area (Å²) in [6, 6.07) is 19.3. The van der Waals surface area contributed by atoms with Crippen molar-refractivity contribution in [2.75, 3.05) is 6.54 Å². The first-order valence-electron chi connectivity index (χ1n) is 13.1. The molecule has 0 radical (unpaired) electrons. The third-order valence-corrected chi connectivity index (χ3v) is 6.93. The molecule has 0 spiro atoms. The lowest BCUT2D eigenvalue weighted by Crippen LogP contribution is -2.31. The summed E-state index contributed by atoms with van der Waals surface area (Å²) in [7, 11) is 0. The van der Waals surface area contributed by atoms with Gasteiger partial charge in [-0.1, -0.05) is 42.0 Å². The summed E-state index contributed by atoms with van der Waals surface area (Å²) in [5.41, 5.74) is 2.53. The monoisotopic (exact) mass is 552 g/mol. The second-order valence-electron chi connectivity index (χ2n) is 9.80. The van der Waals surface area contributed by atoms with Gasteiger partial charge in [-0.25, -0.2) is 4.98 Å². The highest BCUT2D eigenvalue weighted by Gasteiger charge is 2.46. The summed E-state index contributed by atoms with van der Waals surface area (Å²) in [5, 5.41) is 22.8. The molecule has 10 nitrogen and oxygen atoms in total. The lowest BCUT2D eigenvalue weighted by atomic mass is 9.95. The van der Waals surface area contributed by atoms with Gasteiger partial charge in [-0.05, 0) is 48.7 Å². The fraction of sp³-hybridized carbons (Fsp3) is 0.194. The molecule has 1 N–H and O–H groups in total. The second kappa shape index (κ2) is 11.9. The molecule has 0 aliphatic carbocycles. The number of likely N-dealkylation sites (tertiary alicyclic amines) is 1. The van der Waals surface area contributed by atoms with Crippen LogP contribution in [0.1, 0.15) is 34.7 Å². The van der Waals surface area contributed by atoms with Crippen LogP contribution in [-0.2, 0) is 22.7 Å². The van der Waals surface area contributed by atoms with Crippen LogP contribution in [0.15, 0.2) is 97.1 Å². The van der Waals surface area contributed by atoms with E-state index < -0.39 is 22.7 Å². The number of ketones is 1. The minimum atomic E-state index is -0.991. The third-order valence-electron chi connectivity index (χ3n) is 6.93. The van der Waals surface area contributed by atoms with Crippen LogP contribution in [0.4, 0.5) is 5.69 Å². The predicted molar refractivity (Wildman–Crippen MR) is 151 cm³/mol. The van der Waals surface area contributed by atoms with Gasteiger partial charge in [-0.2, -0.15) is 0 Å². The Morgan fingerprint density at radius 2 is 1.83 bits per heavy atom. The van der Waals surface area contributed by atoms with Crippen LogP contribution in [-0.4, -0.2) is 42.7 Å². The van der Waals surface area contributed by atoms with Crippen molar-refractivity contribution in [3.05, 3.63) is 129 Å². The number of hydrogen-bond acceptors (Lipinski definition) is 7. The van der Waals surface area contributed by atoms with Gasteiger partial charge in [0.2, 0.25) is 0 Å². The number of rotatable bonds is 10. The van der Waals surface area contributed by atoms with Gasteiger partial charge in [0.15, 0.2) is 0 Å². The number of nitro groups is 1. The highest BCUT2D eigenvalue weighted by Crippen LogP contribution is 2.40. The maximum absolute atomic E-state index is 13.3. The van der Waals surface area contributed by atoms with Crippen molar-refractivity contribution in [3.8, 4) is 5.75 Å². The molecule has 4 aromatic rings. The summed E-state index contributed by atoms with van der Waals surface area (Å²) in [5.74, 6) is -1.41. The quantitative estimate of drug-likeness (QED) is 0.0943. The minimum absolute atomic E-state index is 0.119. The zero-order chi connectivity index (χ0) is 28.9. The summed E-state index contributed by atoms with van der Waals surface area (Å²) in [6.07, 6.45) is 5.59. The lowest BCUT2D eigenvalue weighted by molar-refractivity contribution is -0.384. The maximum atomic E-state index is 13.3. The first-order chi connectivity index (χ1) is 19.8. The van der Waals surface area contributed by atoms with Gasteiger partial charge in [-0.3, -0.25) is 19.7 Å². The lowest BCUT2D eigenvalue weighted by Gasteiger charge is -2.25. The van der Waals surface area contributed by atoms with E-state index in [1.807, 2.05) is 35.8 Å². The molecule has 5 rings (SSSR count). The summed E-state index contributed by atoms with van der Waals surface area (Å²) in [6.45, 7) is 3.11. The van der Waals surface area contributed by atoms with Crippen molar-refractivity contribution >= 4 is 23.1 Å². The summed E-state index contributed by atoms with van der Waals surface area (Å²) in [4.78, 5) is 42.8. The van der Waals surface area contributed by atoms with Gasteiger partial charge < -0.3 is 19.3 Å². The molecule has 1 saturated heterocycles. The molecule has 1 aliphatic rings. The molecule has 2 heterocycles. The number of imidazole rings is 1. The molecule has 3 aromatic carbocycles. The Balaban J connectivity index is 1.44. The Hall–Kier alpha value is -5.25. The van der Waals surface area contributed by atoms with Crippen molar-refractivity contribution in [1.29, 1.82) is 0 Å². The topological polar surface area (TPSA) is 128 Å². The number of nitro benzene ring substituents is 1. The molecule has 1 aromatic heterocycles. The van der Waals surface area contributed by atoms with Crippen LogP contribution in [0.3, 0.4) is 0 Å². The number of non-ortho nitro benzene ring substituents is 1. The Labute approximate surface area is 236 Å². The molecule has 1 amide bonds. The number of aromatic nitrogens is 2. The van der Waals surface area contributed by atoms with Crippen molar-refractivity contribution in [3.63, 3.8) is 0 Å². The number of aryl methyl sites for hydroxylation is 2. The molecule has 0 saturated carbocycles. The first-order valence-corrected chi connectivity index (χ1v) is 13.1. The number of hydrogen-bond donors (Lipinski definition) is 1. The molecule has 208 valence electrons. The highest BCUT2D eigenvalue weighted by atomic mass is 16.6. The smallest absolute Gasteiger partial charge is 0.295 e. The van der Waals surface area contributed by atoms with E-state index in [1.54, 1.807) is 49.1 Å². The molecular formula is C31H28N4O6. The van der Waals surface area contributed by atoms with Gasteiger partial charge in [0.25, 0.3) is 17.4 Å². The molecular weight excluding hydrogens is 524 g/mol. The minimum Gasteiger partial charge on any atom is -0.507 e. The van der Waals surface area contributed by atoms with Crippen LogP contribution in [0, 0.1) is 17.0 Å². The van der Waals surface area contributed by atoms with E-state index in [2.05, 4.69) is 4.98 Å². The fourth-order valence-electron chi connectivity index (χ4n) is 4.94. The van der Waals surface area contributed by atoms with E-state index >= 15 is 0 Å². The van der Waals surface area contributed by atoms with Crippen LogP contribution in [0.5, 0.6) is 5.75 Å². The fourth-order valence-corrected chi connectivity index (χ4v) is 4.94. The van der Waals surface area contributed by atoms with Gasteiger partial charge in [0, 0.05) is 43.2 Å². The highest BCUT2D eigenvalue weighted by molar-refractivity contribution is 6.46. The van der Waals surface area contributed by atoms with Crippen molar-refractivity contribution in [2.24, 2.45) is 0 Å². The number of nitrogens with zero attached hydrogens (tertiary/aromatic N) is 4. The first kappa shape index (κ1) is 27.3. The standard InChI is InChI=1S/C31H28N4O6/c1-21-5-2-6-22(17-21)19-41-26-11-9-23(10-12-26)29(36)27-28(24-7-3-8-25(18-24)35(39)40)34(31(38)30(27)37)15-4-14-33-16-13-32-20-33/h2-3,5-13,16-18,20,28,36H,4,14-15,19H2,1H3. The average molecular weight is 553 g/mol. The summed E-state index contributed by atoms with van der Waals surface area (Å²) < 4.78 is 7.71. The Morgan fingerprint density at radius 3 is 2.54 bits per heavy atom.